The Balaban J connectivity index is 1.47. The second-order valence-electron chi connectivity index (χ2n) is 10.6. The van der Waals surface area contributed by atoms with Gasteiger partial charge in [-0.05, 0) is 50.5 Å². The van der Waals surface area contributed by atoms with Crippen LogP contribution in [0.1, 0.15) is 0 Å². The van der Waals surface area contributed by atoms with Gasteiger partial charge >= 0.3 is 0 Å². The lowest BCUT2D eigenvalue weighted by atomic mass is 9.99. The van der Waals surface area contributed by atoms with Crippen LogP contribution in [0.3, 0.4) is 0 Å². The summed E-state index contributed by atoms with van der Waals surface area (Å²) in [6, 6.07) is 49.5. The molecule has 0 aliphatic heterocycles. The van der Waals surface area contributed by atoms with Crippen molar-refractivity contribution in [3.8, 4) is 17.2 Å². The Hall–Kier alpha value is -5.54. The first-order chi connectivity index (χ1) is 20.3. The number of fused-ring (bicyclic) bond motifs is 9. The second kappa shape index (κ2) is 8.48. The van der Waals surface area contributed by atoms with Crippen LogP contribution in [0, 0.1) is 0 Å². The summed E-state index contributed by atoms with van der Waals surface area (Å²) in [5.74, 6) is 0.678. The maximum absolute atomic E-state index is 5.38. The van der Waals surface area contributed by atoms with Crippen molar-refractivity contribution in [3.63, 3.8) is 0 Å². The topological polar surface area (TPSA) is 30.7 Å². The highest BCUT2D eigenvalue weighted by atomic mass is 15.2. The molecular weight excluding hydrogens is 498 g/mol. The van der Waals surface area contributed by atoms with Crippen LogP contribution in [0.4, 0.5) is 0 Å². The van der Waals surface area contributed by atoms with Crippen molar-refractivity contribution in [2.45, 2.75) is 0 Å². The first-order valence-corrected chi connectivity index (χ1v) is 13.9. The third kappa shape index (κ3) is 3.20. The minimum Gasteiger partial charge on any atom is -0.278 e. The fourth-order valence-corrected chi connectivity index (χ4v) is 6.57. The monoisotopic (exact) mass is 521 g/mol. The zero-order valence-electron chi connectivity index (χ0n) is 22.1. The first kappa shape index (κ1) is 22.3. The minimum absolute atomic E-state index is 0.678. The summed E-state index contributed by atoms with van der Waals surface area (Å²) < 4.78 is 2.25. The van der Waals surface area contributed by atoms with Crippen LogP contribution in [0.15, 0.2) is 140 Å². The summed E-state index contributed by atoms with van der Waals surface area (Å²) >= 11 is 0. The summed E-state index contributed by atoms with van der Waals surface area (Å²) in [5.41, 5.74) is 5.19. The molecule has 0 saturated carbocycles. The molecule has 9 aromatic rings. The van der Waals surface area contributed by atoms with E-state index >= 15 is 0 Å². The maximum atomic E-state index is 5.38. The van der Waals surface area contributed by atoms with E-state index in [-0.39, 0.29) is 0 Å². The van der Waals surface area contributed by atoms with E-state index in [2.05, 4.69) is 144 Å². The van der Waals surface area contributed by atoms with Crippen LogP contribution in [0.2, 0.25) is 0 Å². The van der Waals surface area contributed by atoms with Crippen LogP contribution in [0.25, 0.3) is 82.2 Å². The Morgan fingerprint density at radius 2 is 0.902 bits per heavy atom. The summed E-state index contributed by atoms with van der Waals surface area (Å²) in [6.07, 6.45) is 0. The molecule has 0 aliphatic rings. The maximum Gasteiger partial charge on any atom is 0.235 e. The van der Waals surface area contributed by atoms with Crippen molar-refractivity contribution in [2.24, 2.45) is 0 Å². The second-order valence-corrected chi connectivity index (χ2v) is 10.6. The average molecular weight is 522 g/mol. The predicted octanol–water partition coefficient (Wildman–Crippen LogP) is 9.85. The van der Waals surface area contributed by atoms with E-state index in [1.807, 2.05) is 0 Å². The Labute approximate surface area is 235 Å². The molecule has 7 aromatic carbocycles. The summed E-state index contributed by atoms with van der Waals surface area (Å²) in [5, 5.41) is 10.8. The van der Waals surface area contributed by atoms with Crippen LogP contribution >= 0.6 is 0 Å². The fourth-order valence-electron chi connectivity index (χ4n) is 6.57. The molecule has 0 atom stereocenters. The van der Waals surface area contributed by atoms with E-state index in [9.17, 15) is 0 Å². The molecule has 41 heavy (non-hydrogen) atoms. The van der Waals surface area contributed by atoms with Gasteiger partial charge in [0.1, 0.15) is 0 Å². The van der Waals surface area contributed by atoms with Gasteiger partial charge in [0.2, 0.25) is 5.95 Å². The molecule has 0 radical (unpaired) electrons. The van der Waals surface area contributed by atoms with Crippen molar-refractivity contribution in [1.82, 2.24) is 14.5 Å². The molecule has 0 saturated heterocycles. The molecule has 3 nitrogen and oxygen atoms in total. The number of para-hydroxylation sites is 1. The Bertz CT molecular complexity index is 2390. The quantitative estimate of drug-likeness (QED) is 0.227. The normalized spacial score (nSPS) is 11.9. The van der Waals surface area contributed by atoms with E-state index in [4.69, 9.17) is 9.97 Å². The lowest BCUT2D eigenvalue weighted by Gasteiger charge is -2.13. The molecule has 3 heteroatoms. The van der Waals surface area contributed by atoms with Gasteiger partial charge in [0.25, 0.3) is 0 Å². The number of hydrogen-bond donors (Lipinski definition) is 0. The van der Waals surface area contributed by atoms with Gasteiger partial charge in [-0.25, -0.2) is 9.97 Å². The number of aromatic nitrogens is 3. The van der Waals surface area contributed by atoms with Gasteiger partial charge in [-0.15, -0.1) is 0 Å². The van der Waals surface area contributed by atoms with E-state index in [1.165, 1.54) is 43.1 Å². The van der Waals surface area contributed by atoms with Crippen LogP contribution in [0.5, 0.6) is 0 Å². The highest BCUT2D eigenvalue weighted by Gasteiger charge is 2.20. The Kier molecular flexibility index (Phi) is 4.61. The SMILES string of the molecule is c1ccc2c(-c3nc(-n4c5ccc6ccccc6c5c5c6ccccc6ccc54)nc4ccccc34)cccc2c1. The molecule has 190 valence electrons. The molecule has 0 unspecified atom stereocenters. The van der Waals surface area contributed by atoms with Crippen molar-refractivity contribution >= 4 is 65.0 Å². The standard InChI is InChI=1S/C38H23N3/c1-4-14-27-24(10-1)13-9-18-30(27)37-31-17-7-8-19-32(31)39-38(40-37)41-33-22-20-25-11-2-5-15-28(25)35(33)36-29-16-6-3-12-26(29)21-23-34(36)41/h1-23H. The smallest absolute Gasteiger partial charge is 0.235 e. The average Bonchev–Trinajstić information content (AvgIpc) is 3.39. The molecule has 0 amide bonds. The third-order valence-corrected chi connectivity index (χ3v) is 8.38. The van der Waals surface area contributed by atoms with E-state index in [0.29, 0.717) is 5.95 Å². The zero-order chi connectivity index (χ0) is 26.9. The lowest BCUT2D eigenvalue weighted by Crippen LogP contribution is -2.03. The van der Waals surface area contributed by atoms with E-state index in [1.54, 1.807) is 0 Å². The summed E-state index contributed by atoms with van der Waals surface area (Å²) in [7, 11) is 0. The summed E-state index contributed by atoms with van der Waals surface area (Å²) in [4.78, 5) is 10.6. The molecule has 2 heterocycles. The van der Waals surface area contributed by atoms with Gasteiger partial charge in [-0.2, -0.15) is 0 Å². The van der Waals surface area contributed by atoms with E-state index < -0.39 is 0 Å². The van der Waals surface area contributed by atoms with Crippen LogP contribution < -0.4 is 0 Å². The van der Waals surface area contributed by atoms with Crippen molar-refractivity contribution < 1.29 is 0 Å². The van der Waals surface area contributed by atoms with Gasteiger partial charge < -0.3 is 0 Å². The van der Waals surface area contributed by atoms with Crippen molar-refractivity contribution in [1.29, 1.82) is 0 Å². The highest BCUT2D eigenvalue weighted by molar-refractivity contribution is 6.28. The largest absolute Gasteiger partial charge is 0.278 e. The molecule has 9 rings (SSSR count). The third-order valence-electron chi connectivity index (χ3n) is 8.38. The summed E-state index contributed by atoms with van der Waals surface area (Å²) in [6.45, 7) is 0. The molecule has 0 aliphatic carbocycles. The van der Waals surface area contributed by atoms with Crippen LogP contribution in [-0.4, -0.2) is 14.5 Å². The van der Waals surface area contributed by atoms with Crippen molar-refractivity contribution in [2.75, 3.05) is 0 Å². The lowest BCUT2D eigenvalue weighted by molar-refractivity contribution is 1.01. The molecular formula is C38H23N3. The molecule has 0 N–H and O–H groups in total. The molecule has 0 fully saturated rings. The van der Waals surface area contributed by atoms with Gasteiger partial charge in [-0.3, -0.25) is 4.57 Å². The number of nitrogens with zero attached hydrogens (tertiary/aromatic N) is 3. The van der Waals surface area contributed by atoms with Gasteiger partial charge in [0.15, 0.2) is 0 Å². The molecule has 0 bridgehead atoms. The van der Waals surface area contributed by atoms with Gasteiger partial charge in [0, 0.05) is 21.7 Å². The van der Waals surface area contributed by atoms with Crippen LogP contribution in [-0.2, 0) is 0 Å². The minimum atomic E-state index is 0.678. The Morgan fingerprint density at radius 3 is 1.56 bits per heavy atom. The highest BCUT2D eigenvalue weighted by Crippen LogP contribution is 2.41. The fraction of sp³-hybridized carbons (Fsp3) is 0. The first-order valence-electron chi connectivity index (χ1n) is 13.9. The number of hydrogen-bond acceptors (Lipinski definition) is 2. The number of rotatable bonds is 2. The van der Waals surface area contributed by atoms with Gasteiger partial charge in [0.05, 0.1) is 22.2 Å². The zero-order valence-corrected chi connectivity index (χ0v) is 22.1. The predicted molar refractivity (Wildman–Crippen MR) is 172 cm³/mol. The van der Waals surface area contributed by atoms with Crippen molar-refractivity contribution in [3.05, 3.63) is 140 Å². The Morgan fingerprint density at radius 1 is 0.390 bits per heavy atom. The molecule has 0 spiro atoms. The molecule has 2 aromatic heterocycles. The van der Waals surface area contributed by atoms with E-state index in [0.717, 1.165) is 33.2 Å². The van der Waals surface area contributed by atoms with Gasteiger partial charge in [-0.1, -0.05) is 121 Å². The number of benzene rings is 7.